The molecule has 2 aromatic rings. The maximum atomic E-state index is 12.2. The van der Waals surface area contributed by atoms with Gasteiger partial charge >= 0.3 is 0 Å². The number of nitrogens with zero attached hydrogens (tertiary/aromatic N) is 2. The third-order valence-corrected chi connectivity index (χ3v) is 4.87. The molecule has 1 aliphatic rings. The number of carbonyl (C=O) groups excluding carboxylic acids is 1. The van der Waals surface area contributed by atoms with Crippen LogP contribution in [0.25, 0.3) is 0 Å². The van der Waals surface area contributed by atoms with E-state index in [2.05, 4.69) is 15.2 Å². The van der Waals surface area contributed by atoms with Crippen molar-refractivity contribution in [3.63, 3.8) is 0 Å². The van der Waals surface area contributed by atoms with E-state index in [1.54, 1.807) is 11.3 Å². The number of rotatable bonds is 4. The van der Waals surface area contributed by atoms with Gasteiger partial charge in [-0.2, -0.15) is 0 Å². The normalized spacial score (nSPS) is 18.2. The van der Waals surface area contributed by atoms with Crippen LogP contribution in [-0.4, -0.2) is 30.5 Å². The minimum Gasteiger partial charge on any atom is -0.352 e. The van der Waals surface area contributed by atoms with Crippen molar-refractivity contribution in [1.29, 1.82) is 0 Å². The highest BCUT2D eigenvalue weighted by Gasteiger charge is 2.22. The second kappa shape index (κ2) is 6.92. The second-order valence-electron chi connectivity index (χ2n) is 5.85. The van der Waals surface area contributed by atoms with Crippen LogP contribution in [0.3, 0.4) is 0 Å². The van der Waals surface area contributed by atoms with Gasteiger partial charge in [-0.1, -0.05) is 17.7 Å². The van der Waals surface area contributed by atoms with E-state index in [1.807, 2.05) is 42.8 Å². The van der Waals surface area contributed by atoms with E-state index in [0.717, 1.165) is 48.7 Å². The third-order valence-electron chi connectivity index (χ3n) is 4.04. The van der Waals surface area contributed by atoms with E-state index in [1.165, 1.54) is 0 Å². The zero-order valence-corrected chi connectivity index (χ0v) is 13.6. The first-order valence-corrected chi connectivity index (χ1v) is 8.59. The van der Waals surface area contributed by atoms with E-state index in [9.17, 15) is 4.79 Å². The molecule has 1 saturated heterocycles. The van der Waals surface area contributed by atoms with Crippen molar-refractivity contribution >= 4 is 22.4 Å². The monoisotopic (exact) mass is 315 g/mol. The number of aryl methyl sites for hydroxylation is 1. The van der Waals surface area contributed by atoms with Gasteiger partial charge in [0.05, 0.1) is 0 Å². The van der Waals surface area contributed by atoms with Gasteiger partial charge in [0.2, 0.25) is 0 Å². The number of benzene rings is 1. The van der Waals surface area contributed by atoms with Crippen LogP contribution in [-0.2, 0) is 0 Å². The molecule has 0 radical (unpaired) electrons. The molecule has 1 amide bonds. The largest absolute Gasteiger partial charge is 0.352 e. The summed E-state index contributed by atoms with van der Waals surface area (Å²) in [6.07, 6.45) is 4.17. The molecule has 116 valence electrons. The Balaban J connectivity index is 1.54. The number of hydrogen-bond donors (Lipinski definition) is 1. The van der Waals surface area contributed by atoms with E-state index in [-0.39, 0.29) is 5.91 Å². The van der Waals surface area contributed by atoms with Crippen molar-refractivity contribution in [3.8, 4) is 0 Å². The second-order valence-corrected chi connectivity index (χ2v) is 6.72. The first-order chi connectivity index (χ1) is 10.7. The number of amides is 1. The van der Waals surface area contributed by atoms with Gasteiger partial charge in [-0.15, -0.1) is 11.3 Å². The van der Waals surface area contributed by atoms with Gasteiger partial charge < -0.3 is 10.2 Å². The lowest BCUT2D eigenvalue weighted by Crippen LogP contribution is -2.41. The Morgan fingerprint density at radius 2 is 2.41 bits per heavy atom. The Morgan fingerprint density at radius 3 is 3.18 bits per heavy atom. The van der Waals surface area contributed by atoms with Gasteiger partial charge in [-0.25, -0.2) is 4.98 Å². The zero-order valence-electron chi connectivity index (χ0n) is 12.8. The van der Waals surface area contributed by atoms with E-state index in [0.29, 0.717) is 5.92 Å². The van der Waals surface area contributed by atoms with Crippen LogP contribution in [0, 0.1) is 12.8 Å². The topological polar surface area (TPSA) is 45.2 Å². The summed E-state index contributed by atoms with van der Waals surface area (Å²) in [7, 11) is 0. The number of nitrogens with one attached hydrogen (secondary N) is 1. The fourth-order valence-corrected chi connectivity index (χ4v) is 3.58. The highest BCUT2D eigenvalue weighted by atomic mass is 32.1. The van der Waals surface area contributed by atoms with Gasteiger partial charge in [-0.05, 0) is 37.8 Å². The molecule has 1 N–H and O–H groups in total. The number of piperidine rings is 1. The van der Waals surface area contributed by atoms with Crippen LogP contribution < -0.4 is 10.2 Å². The van der Waals surface area contributed by atoms with Crippen molar-refractivity contribution < 1.29 is 4.79 Å². The van der Waals surface area contributed by atoms with Crippen molar-refractivity contribution in [3.05, 3.63) is 47.0 Å². The fourth-order valence-electron chi connectivity index (χ4n) is 2.90. The SMILES string of the molecule is Cc1cccc(C(=O)NCC2CCCN(c3nccs3)C2)c1. The number of aromatic nitrogens is 1. The number of hydrogen-bond acceptors (Lipinski definition) is 4. The quantitative estimate of drug-likeness (QED) is 0.943. The third kappa shape index (κ3) is 3.65. The lowest BCUT2D eigenvalue weighted by molar-refractivity contribution is 0.0945. The molecule has 0 spiro atoms. The molecule has 3 rings (SSSR count). The molecular formula is C17H21N3OS. The maximum absolute atomic E-state index is 12.2. The average Bonchev–Trinajstić information content (AvgIpc) is 3.07. The number of anilines is 1. The first kappa shape index (κ1) is 15.0. The molecule has 5 heteroatoms. The minimum atomic E-state index is 0.0232. The molecule has 1 unspecified atom stereocenters. The predicted molar refractivity (Wildman–Crippen MR) is 90.6 cm³/mol. The van der Waals surface area contributed by atoms with Gasteiger partial charge in [-0.3, -0.25) is 4.79 Å². The smallest absolute Gasteiger partial charge is 0.251 e. The van der Waals surface area contributed by atoms with E-state index < -0.39 is 0 Å². The standard InChI is InChI=1S/C17H21N3OS/c1-13-4-2-6-15(10-13)16(21)19-11-14-5-3-8-20(12-14)17-18-7-9-22-17/h2,4,6-7,9-10,14H,3,5,8,11-12H2,1H3,(H,19,21). The summed E-state index contributed by atoms with van der Waals surface area (Å²) in [4.78, 5) is 18.9. The summed E-state index contributed by atoms with van der Waals surface area (Å²) in [5.41, 5.74) is 1.85. The molecule has 2 heterocycles. The molecule has 4 nitrogen and oxygen atoms in total. The Labute approximate surface area is 135 Å². The van der Waals surface area contributed by atoms with Crippen molar-refractivity contribution in [2.24, 2.45) is 5.92 Å². The van der Waals surface area contributed by atoms with Crippen LogP contribution in [0.5, 0.6) is 0 Å². The lowest BCUT2D eigenvalue weighted by Gasteiger charge is -2.32. The Hall–Kier alpha value is -1.88. The highest BCUT2D eigenvalue weighted by molar-refractivity contribution is 7.13. The summed E-state index contributed by atoms with van der Waals surface area (Å²) in [5.74, 6) is 0.515. The molecule has 0 aliphatic carbocycles. The molecule has 22 heavy (non-hydrogen) atoms. The van der Waals surface area contributed by atoms with Gasteiger partial charge in [0, 0.05) is 36.8 Å². The van der Waals surface area contributed by atoms with E-state index >= 15 is 0 Å². The minimum absolute atomic E-state index is 0.0232. The first-order valence-electron chi connectivity index (χ1n) is 7.71. The van der Waals surface area contributed by atoms with Crippen LogP contribution in [0.1, 0.15) is 28.8 Å². The van der Waals surface area contributed by atoms with Gasteiger partial charge in [0.1, 0.15) is 0 Å². The molecule has 0 bridgehead atoms. The Morgan fingerprint density at radius 1 is 1.50 bits per heavy atom. The zero-order chi connectivity index (χ0) is 15.4. The molecule has 1 atom stereocenters. The summed E-state index contributed by atoms with van der Waals surface area (Å²) < 4.78 is 0. The molecular weight excluding hydrogens is 294 g/mol. The van der Waals surface area contributed by atoms with Crippen molar-refractivity contribution in [1.82, 2.24) is 10.3 Å². The fraction of sp³-hybridized carbons (Fsp3) is 0.412. The predicted octanol–water partition coefficient (Wildman–Crippen LogP) is 3.10. The van der Waals surface area contributed by atoms with Gasteiger partial charge in [0.15, 0.2) is 5.13 Å². The summed E-state index contributed by atoms with van der Waals surface area (Å²) in [6.45, 7) is 4.77. The van der Waals surface area contributed by atoms with Crippen molar-refractivity contribution in [2.75, 3.05) is 24.5 Å². The summed E-state index contributed by atoms with van der Waals surface area (Å²) in [5, 5.41) is 6.18. The van der Waals surface area contributed by atoms with Gasteiger partial charge in [0.25, 0.3) is 5.91 Å². The summed E-state index contributed by atoms with van der Waals surface area (Å²) >= 11 is 1.68. The molecule has 1 aliphatic heterocycles. The molecule has 1 aromatic heterocycles. The number of carbonyl (C=O) groups is 1. The molecule has 1 aromatic carbocycles. The number of thiazole rings is 1. The van der Waals surface area contributed by atoms with Crippen LogP contribution in [0.2, 0.25) is 0 Å². The average molecular weight is 315 g/mol. The Kier molecular flexibility index (Phi) is 4.73. The lowest BCUT2D eigenvalue weighted by atomic mass is 9.98. The summed E-state index contributed by atoms with van der Waals surface area (Å²) in [6, 6.07) is 7.72. The Bertz CT molecular complexity index is 627. The van der Waals surface area contributed by atoms with E-state index in [4.69, 9.17) is 0 Å². The highest BCUT2D eigenvalue weighted by Crippen LogP contribution is 2.24. The molecule has 1 fully saturated rings. The van der Waals surface area contributed by atoms with Crippen LogP contribution >= 0.6 is 11.3 Å². The molecule has 0 saturated carbocycles. The van der Waals surface area contributed by atoms with Crippen molar-refractivity contribution in [2.45, 2.75) is 19.8 Å². The van der Waals surface area contributed by atoms with Crippen LogP contribution in [0.15, 0.2) is 35.8 Å². The maximum Gasteiger partial charge on any atom is 0.251 e. The van der Waals surface area contributed by atoms with Crippen LogP contribution in [0.4, 0.5) is 5.13 Å².